The molecule has 2 amide bonds. The van der Waals surface area contributed by atoms with Crippen LogP contribution in [0.3, 0.4) is 0 Å². The van der Waals surface area contributed by atoms with Crippen LogP contribution in [0.4, 0.5) is 10.6 Å². The lowest BCUT2D eigenvalue weighted by Gasteiger charge is -2.43. The minimum absolute atomic E-state index is 0.206. The second-order valence-electron chi connectivity index (χ2n) is 7.30. The number of amides is 2. The predicted molar refractivity (Wildman–Crippen MR) is 97.6 cm³/mol. The number of carbonyl (C=O) groups is 1. The standard InChI is InChI=1S/C18H26N6O/c1-13-6-10-24(18(25)23-8-3-4-9-23)11-15(13)22(2)17-14-5-7-19-16(14)20-12-21-17/h5,7,12-13,15H,3-4,6,8-11H2,1-2H3,(H,19,20,21). The number of hydrogen-bond donors (Lipinski definition) is 1. The van der Waals surface area contributed by atoms with Crippen molar-refractivity contribution in [3.8, 4) is 0 Å². The number of piperidine rings is 1. The Morgan fingerprint density at radius 2 is 2.04 bits per heavy atom. The predicted octanol–water partition coefficient (Wildman–Crippen LogP) is 2.32. The molecule has 0 radical (unpaired) electrons. The van der Waals surface area contributed by atoms with Crippen molar-refractivity contribution in [3.63, 3.8) is 0 Å². The van der Waals surface area contributed by atoms with E-state index in [-0.39, 0.29) is 12.1 Å². The number of likely N-dealkylation sites (N-methyl/N-ethyl adjacent to an activating group) is 1. The van der Waals surface area contributed by atoms with E-state index in [0.717, 1.165) is 62.3 Å². The molecule has 7 nitrogen and oxygen atoms in total. The molecule has 2 saturated heterocycles. The minimum Gasteiger partial charge on any atom is -0.354 e. The van der Waals surface area contributed by atoms with E-state index in [2.05, 4.69) is 33.8 Å². The Kier molecular flexibility index (Phi) is 4.23. The SMILES string of the molecule is CC1CCN(C(=O)N2CCCC2)CC1N(C)c1ncnc2[nH]ccc12. The lowest BCUT2D eigenvalue weighted by molar-refractivity contribution is 0.133. The van der Waals surface area contributed by atoms with Crippen LogP contribution in [0.25, 0.3) is 11.0 Å². The second-order valence-corrected chi connectivity index (χ2v) is 7.30. The third-order valence-electron chi connectivity index (χ3n) is 5.73. The fraction of sp³-hybridized carbons (Fsp3) is 0.611. The number of H-pyrrole nitrogens is 1. The first-order valence-corrected chi connectivity index (χ1v) is 9.20. The Morgan fingerprint density at radius 3 is 2.84 bits per heavy atom. The monoisotopic (exact) mass is 342 g/mol. The summed E-state index contributed by atoms with van der Waals surface area (Å²) in [5.74, 6) is 1.44. The largest absolute Gasteiger partial charge is 0.354 e. The molecule has 2 atom stereocenters. The van der Waals surface area contributed by atoms with Crippen LogP contribution in [0.1, 0.15) is 26.2 Å². The van der Waals surface area contributed by atoms with Crippen LogP contribution >= 0.6 is 0 Å². The first-order chi connectivity index (χ1) is 12.1. The average molecular weight is 342 g/mol. The summed E-state index contributed by atoms with van der Waals surface area (Å²) in [5.41, 5.74) is 0.852. The van der Waals surface area contributed by atoms with Crippen molar-refractivity contribution in [2.75, 3.05) is 38.1 Å². The summed E-state index contributed by atoms with van der Waals surface area (Å²) in [6, 6.07) is 2.48. The molecule has 7 heteroatoms. The van der Waals surface area contributed by atoms with Crippen LogP contribution < -0.4 is 4.90 Å². The number of aromatic amines is 1. The van der Waals surface area contributed by atoms with Gasteiger partial charge in [-0.3, -0.25) is 0 Å². The second kappa shape index (κ2) is 6.54. The first-order valence-electron chi connectivity index (χ1n) is 9.20. The zero-order chi connectivity index (χ0) is 17.4. The highest BCUT2D eigenvalue weighted by molar-refractivity contribution is 5.87. The number of fused-ring (bicyclic) bond motifs is 1. The van der Waals surface area contributed by atoms with E-state index >= 15 is 0 Å². The molecule has 25 heavy (non-hydrogen) atoms. The summed E-state index contributed by atoms with van der Waals surface area (Å²) in [6.07, 6.45) is 6.78. The number of nitrogens with one attached hydrogen (secondary N) is 1. The molecule has 2 aliphatic heterocycles. The summed E-state index contributed by atoms with van der Waals surface area (Å²) in [4.78, 5) is 31.0. The van der Waals surface area contributed by atoms with Crippen molar-refractivity contribution >= 4 is 22.9 Å². The molecule has 0 spiro atoms. The van der Waals surface area contributed by atoms with Gasteiger partial charge < -0.3 is 19.7 Å². The van der Waals surface area contributed by atoms with Gasteiger partial charge in [-0.15, -0.1) is 0 Å². The molecule has 2 aromatic heterocycles. The number of hydrogen-bond acceptors (Lipinski definition) is 4. The topological polar surface area (TPSA) is 68.4 Å². The number of likely N-dealkylation sites (tertiary alicyclic amines) is 2. The summed E-state index contributed by atoms with van der Waals surface area (Å²) in [7, 11) is 2.08. The van der Waals surface area contributed by atoms with Crippen molar-refractivity contribution in [2.24, 2.45) is 5.92 Å². The molecule has 1 N–H and O–H groups in total. The van der Waals surface area contributed by atoms with E-state index in [9.17, 15) is 4.79 Å². The van der Waals surface area contributed by atoms with Gasteiger partial charge in [0.25, 0.3) is 0 Å². The average Bonchev–Trinajstić information content (AvgIpc) is 3.32. The lowest BCUT2D eigenvalue weighted by Crippen LogP contribution is -2.55. The molecular formula is C18H26N6O. The normalized spacial score (nSPS) is 24.1. The fourth-order valence-electron chi connectivity index (χ4n) is 4.13. The number of anilines is 1. The number of aromatic nitrogens is 3. The summed E-state index contributed by atoms with van der Waals surface area (Å²) >= 11 is 0. The third kappa shape index (κ3) is 2.92. The van der Waals surface area contributed by atoms with Crippen LogP contribution in [0.5, 0.6) is 0 Å². The molecule has 0 saturated carbocycles. The van der Waals surface area contributed by atoms with Crippen LogP contribution in [0, 0.1) is 5.92 Å². The van der Waals surface area contributed by atoms with Gasteiger partial charge in [0.2, 0.25) is 0 Å². The van der Waals surface area contributed by atoms with Gasteiger partial charge in [0, 0.05) is 39.4 Å². The quantitative estimate of drug-likeness (QED) is 0.909. The third-order valence-corrected chi connectivity index (χ3v) is 5.73. The zero-order valence-corrected chi connectivity index (χ0v) is 15.0. The number of carbonyl (C=O) groups excluding carboxylic acids is 1. The Labute approximate surface area is 148 Å². The molecule has 2 fully saturated rings. The van der Waals surface area contributed by atoms with Gasteiger partial charge in [0.05, 0.1) is 11.4 Å². The Balaban J connectivity index is 1.55. The summed E-state index contributed by atoms with van der Waals surface area (Å²) in [6.45, 7) is 5.68. The molecule has 2 aliphatic rings. The van der Waals surface area contributed by atoms with E-state index in [4.69, 9.17) is 0 Å². The molecule has 4 rings (SSSR count). The molecule has 2 aromatic rings. The molecule has 134 valence electrons. The van der Waals surface area contributed by atoms with Crippen LogP contribution in [0.2, 0.25) is 0 Å². The highest BCUT2D eigenvalue weighted by atomic mass is 16.2. The Hall–Kier alpha value is -2.31. The van der Waals surface area contributed by atoms with Crippen molar-refractivity contribution in [3.05, 3.63) is 18.6 Å². The zero-order valence-electron chi connectivity index (χ0n) is 15.0. The maximum Gasteiger partial charge on any atom is 0.320 e. The van der Waals surface area contributed by atoms with Gasteiger partial charge in [-0.2, -0.15) is 0 Å². The van der Waals surface area contributed by atoms with Crippen molar-refractivity contribution in [1.82, 2.24) is 24.8 Å². The van der Waals surface area contributed by atoms with Gasteiger partial charge in [0.15, 0.2) is 0 Å². The van der Waals surface area contributed by atoms with Crippen LogP contribution in [0.15, 0.2) is 18.6 Å². The van der Waals surface area contributed by atoms with Crippen molar-refractivity contribution in [2.45, 2.75) is 32.2 Å². The number of rotatable bonds is 2. The maximum atomic E-state index is 12.8. The van der Waals surface area contributed by atoms with Gasteiger partial charge in [-0.25, -0.2) is 14.8 Å². The highest BCUT2D eigenvalue weighted by Crippen LogP contribution is 2.29. The van der Waals surface area contributed by atoms with E-state index < -0.39 is 0 Å². The molecule has 0 bridgehead atoms. The minimum atomic E-state index is 0.206. The van der Waals surface area contributed by atoms with E-state index in [1.807, 2.05) is 22.1 Å². The molecular weight excluding hydrogens is 316 g/mol. The Bertz CT molecular complexity index is 753. The van der Waals surface area contributed by atoms with E-state index in [1.165, 1.54) is 0 Å². The van der Waals surface area contributed by atoms with Gasteiger partial charge >= 0.3 is 6.03 Å². The number of nitrogens with zero attached hydrogens (tertiary/aromatic N) is 5. The smallest absolute Gasteiger partial charge is 0.320 e. The highest BCUT2D eigenvalue weighted by Gasteiger charge is 2.34. The summed E-state index contributed by atoms with van der Waals surface area (Å²) < 4.78 is 0. The van der Waals surface area contributed by atoms with Gasteiger partial charge in [-0.05, 0) is 31.2 Å². The Morgan fingerprint density at radius 1 is 1.24 bits per heavy atom. The maximum absolute atomic E-state index is 12.8. The van der Waals surface area contributed by atoms with Gasteiger partial charge in [0.1, 0.15) is 17.8 Å². The van der Waals surface area contributed by atoms with Gasteiger partial charge in [-0.1, -0.05) is 6.92 Å². The molecule has 0 aliphatic carbocycles. The van der Waals surface area contributed by atoms with E-state index in [1.54, 1.807) is 6.33 Å². The molecule has 4 heterocycles. The first kappa shape index (κ1) is 16.2. The van der Waals surface area contributed by atoms with Crippen LogP contribution in [-0.2, 0) is 0 Å². The van der Waals surface area contributed by atoms with Crippen molar-refractivity contribution in [1.29, 1.82) is 0 Å². The fourth-order valence-corrected chi connectivity index (χ4v) is 4.13. The van der Waals surface area contributed by atoms with Crippen LogP contribution in [-0.4, -0.2) is 70.1 Å². The van der Waals surface area contributed by atoms with Crippen molar-refractivity contribution < 1.29 is 4.79 Å². The van der Waals surface area contributed by atoms with E-state index in [0.29, 0.717) is 5.92 Å². The summed E-state index contributed by atoms with van der Waals surface area (Å²) in [5, 5.41) is 1.03. The lowest BCUT2D eigenvalue weighted by atomic mass is 9.92. The molecule has 2 unspecified atom stereocenters. The number of urea groups is 1. The molecule has 0 aromatic carbocycles.